The van der Waals surface area contributed by atoms with Gasteiger partial charge < -0.3 is 14.2 Å². The summed E-state index contributed by atoms with van der Waals surface area (Å²) in [6.07, 6.45) is 2.30. The summed E-state index contributed by atoms with van der Waals surface area (Å²) in [5, 5.41) is 9.64. The third kappa shape index (κ3) is 3.73. The van der Waals surface area contributed by atoms with Crippen LogP contribution in [0.4, 0.5) is 4.79 Å². The van der Waals surface area contributed by atoms with E-state index in [1.54, 1.807) is 19.2 Å². The predicted molar refractivity (Wildman–Crippen MR) is 136 cm³/mol. The number of morpholine rings is 1. The predicted octanol–water partition coefficient (Wildman–Crippen LogP) is 5.37. The van der Waals surface area contributed by atoms with Crippen LogP contribution in [0.25, 0.3) is 16.7 Å². The van der Waals surface area contributed by atoms with Crippen molar-refractivity contribution in [3.63, 3.8) is 0 Å². The molecule has 2 bridgehead atoms. The Kier molecular flexibility index (Phi) is 5.71. The molecule has 2 unspecified atom stereocenters. The van der Waals surface area contributed by atoms with Crippen molar-refractivity contribution in [3.05, 3.63) is 95.1 Å². The average Bonchev–Trinajstić information content (AvgIpc) is 3.24. The fraction of sp³-hybridized carbons (Fsp3) is 0.267. The number of hydrogen-bond donors (Lipinski definition) is 0. The minimum atomic E-state index is -0.323. The normalized spacial score (nSPS) is 20.1. The van der Waals surface area contributed by atoms with Gasteiger partial charge in [-0.2, -0.15) is 5.26 Å². The minimum absolute atomic E-state index is 0.0169. The minimum Gasteiger partial charge on any atom is -0.497 e. The second kappa shape index (κ2) is 9.18. The van der Waals surface area contributed by atoms with Crippen molar-refractivity contribution in [2.24, 2.45) is 0 Å². The lowest BCUT2D eigenvalue weighted by Gasteiger charge is -2.44. The van der Waals surface area contributed by atoms with E-state index >= 15 is 0 Å². The number of nitriles is 1. The fourth-order valence-electron chi connectivity index (χ4n) is 5.76. The Hall–Kier alpha value is -4.08. The van der Waals surface area contributed by atoms with E-state index in [1.807, 2.05) is 41.3 Å². The van der Waals surface area contributed by atoms with Crippen molar-refractivity contribution in [1.82, 2.24) is 4.90 Å². The Morgan fingerprint density at radius 2 is 1.75 bits per heavy atom. The number of carbonyl (C=O) groups is 1. The first-order valence-electron chi connectivity index (χ1n) is 12.2. The molecular formula is C30H26N2O4. The van der Waals surface area contributed by atoms with Crippen LogP contribution in [0.1, 0.15) is 34.6 Å². The average molecular weight is 479 g/mol. The number of ether oxygens (including phenoxy) is 3. The topological polar surface area (TPSA) is 71.8 Å². The zero-order chi connectivity index (χ0) is 24.6. The summed E-state index contributed by atoms with van der Waals surface area (Å²) in [5.74, 6) is 0.716. The Labute approximate surface area is 210 Å². The Balaban J connectivity index is 1.24. The molecule has 2 atom stereocenters. The molecule has 1 amide bonds. The monoisotopic (exact) mass is 478 g/mol. The van der Waals surface area contributed by atoms with Crippen LogP contribution in [0.3, 0.4) is 0 Å². The van der Waals surface area contributed by atoms with Gasteiger partial charge in [-0.3, -0.25) is 4.90 Å². The smallest absolute Gasteiger partial charge is 0.410 e. The Morgan fingerprint density at radius 3 is 2.42 bits per heavy atom. The molecule has 3 aromatic carbocycles. The first-order valence-corrected chi connectivity index (χ1v) is 12.2. The van der Waals surface area contributed by atoms with Gasteiger partial charge in [0.25, 0.3) is 0 Å². The first-order chi connectivity index (χ1) is 17.7. The van der Waals surface area contributed by atoms with Crippen LogP contribution in [0.5, 0.6) is 5.75 Å². The van der Waals surface area contributed by atoms with Crippen molar-refractivity contribution < 1.29 is 19.0 Å². The highest BCUT2D eigenvalue weighted by atomic mass is 16.6. The van der Waals surface area contributed by atoms with Crippen LogP contribution < -0.4 is 4.74 Å². The maximum atomic E-state index is 13.4. The fourth-order valence-corrected chi connectivity index (χ4v) is 5.76. The molecule has 6 nitrogen and oxygen atoms in total. The molecule has 1 fully saturated rings. The van der Waals surface area contributed by atoms with E-state index in [-0.39, 0.29) is 30.7 Å². The molecule has 1 aliphatic carbocycles. The summed E-state index contributed by atoms with van der Waals surface area (Å²) in [6.45, 7) is 1.12. The molecule has 180 valence electrons. The van der Waals surface area contributed by atoms with Gasteiger partial charge in [0.15, 0.2) is 0 Å². The molecule has 3 aromatic rings. The number of benzene rings is 3. The lowest BCUT2D eigenvalue weighted by Crippen LogP contribution is -2.56. The zero-order valence-electron chi connectivity index (χ0n) is 20.0. The molecule has 0 saturated carbocycles. The van der Waals surface area contributed by atoms with E-state index < -0.39 is 0 Å². The molecule has 1 saturated heterocycles. The van der Waals surface area contributed by atoms with Gasteiger partial charge in [0, 0.05) is 5.92 Å². The first kappa shape index (κ1) is 22.4. The molecule has 36 heavy (non-hydrogen) atoms. The summed E-state index contributed by atoms with van der Waals surface area (Å²) < 4.78 is 17.1. The number of fused-ring (bicyclic) bond motifs is 5. The SMILES string of the molecule is COc1ccc(C#N)c(C2=CC3COCC(C2)N3C(=O)OCC2c3ccccc3-c3ccccc32)c1. The van der Waals surface area contributed by atoms with E-state index in [1.165, 1.54) is 22.3 Å². The lowest BCUT2D eigenvalue weighted by atomic mass is 9.88. The molecule has 0 N–H and O–H groups in total. The van der Waals surface area contributed by atoms with E-state index in [0.717, 1.165) is 11.1 Å². The summed E-state index contributed by atoms with van der Waals surface area (Å²) >= 11 is 0. The van der Waals surface area contributed by atoms with Gasteiger partial charge in [0.2, 0.25) is 0 Å². The van der Waals surface area contributed by atoms with Crippen LogP contribution in [0.2, 0.25) is 0 Å². The molecular weight excluding hydrogens is 452 g/mol. The van der Waals surface area contributed by atoms with E-state index in [9.17, 15) is 10.1 Å². The van der Waals surface area contributed by atoms with Gasteiger partial charge in [0.05, 0.1) is 44.0 Å². The van der Waals surface area contributed by atoms with Crippen LogP contribution in [0, 0.1) is 11.3 Å². The summed E-state index contributed by atoms with van der Waals surface area (Å²) in [4.78, 5) is 15.2. The Morgan fingerprint density at radius 1 is 1.03 bits per heavy atom. The van der Waals surface area contributed by atoms with Crippen molar-refractivity contribution in [3.8, 4) is 22.9 Å². The number of methoxy groups -OCH3 is 1. The van der Waals surface area contributed by atoms with Gasteiger partial charge in [-0.15, -0.1) is 0 Å². The van der Waals surface area contributed by atoms with Crippen LogP contribution >= 0.6 is 0 Å². The molecule has 2 heterocycles. The molecule has 3 aliphatic rings. The maximum absolute atomic E-state index is 13.4. The summed E-state index contributed by atoms with van der Waals surface area (Å²) in [7, 11) is 1.61. The van der Waals surface area contributed by atoms with E-state index in [0.29, 0.717) is 30.9 Å². The highest BCUT2D eigenvalue weighted by Gasteiger charge is 2.40. The molecule has 6 heteroatoms. The van der Waals surface area contributed by atoms with Crippen LogP contribution in [-0.4, -0.2) is 50.0 Å². The molecule has 0 aromatic heterocycles. The Bertz CT molecular complexity index is 1360. The standard InChI is InChI=1S/C30H26N2O4/c1-34-23-11-10-19(15-31)28(14-23)20-12-21-16-35-17-22(13-20)32(21)30(33)36-18-29-26-8-4-2-6-24(26)25-7-3-5-9-27(25)29/h2-12,14,21-22,29H,13,16-18H2,1H3. The maximum Gasteiger partial charge on any atom is 0.410 e. The highest BCUT2D eigenvalue weighted by molar-refractivity contribution is 5.80. The van der Waals surface area contributed by atoms with Crippen molar-refractivity contribution in [2.75, 3.05) is 26.9 Å². The van der Waals surface area contributed by atoms with Crippen molar-refractivity contribution in [1.29, 1.82) is 5.26 Å². The number of rotatable bonds is 4. The van der Waals surface area contributed by atoms with Gasteiger partial charge in [-0.25, -0.2) is 4.79 Å². The molecule has 0 spiro atoms. The molecule has 0 radical (unpaired) electrons. The molecule has 6 rings (SSSR count). The third-order valence-corrected chi connectivity index (χ3v) is 7.44. The van der Waals surface area contributed by atoms with Crippen molar-refractivity contribution >= 4 is 11.7 Å². The van der Waals surface area contributed by atoms with Gasteiger partial charge >= 0.3 is 6.09 Å². The number of nitrogens with zero attached hydrogens (tertiary/aromatic N) is 2. The zero-order valence-corrected chi connectivity index (χ0v) is 20.0. The third-order valence-electron chi connectivity index (χ3n) is 7.44. The number of hydrogen-bond acceptors (Lipinski definition) is 5. The lowest BCUT2D eigenvalue weighted by molar-refractivity contribution is -0.0331. The second-order valence-corrected chi connectivity index (χ2v) is 9.39. The molecule has 2 aliphatic heterocycles. The summed E-state index contributed by atoms with van der Waals surface area (Å²) in [6, 6.07) is 24.0. The van der Waals surface area contributed by atoms with Gasteiger partial charge in [-0.1, -0.05) is 54.6 Å². The quantitative estimate of drug-likeness (QED) is 0.504. The van der Waals surface area contributed by atoms with Gasteiger partial charge in [-0.05, 0) is 58.0 Å². The van der Waals surface area contributed by atoms with E-state index in [2.05, 4.69) is 30.3 Å². The van der Waals surface area contributed by atoms with Crippen LogP contribution in [-0.2, 0) is 9.47 Å². The van der Waals surface area contributed by atoms with Crippen molar-refractivity contribution in [2.45, 2.75) is 24.4 Å². The van der Waals surface area contributed by atoms with E-state index in [4.69, 9.17) is 14.2 Å². The number of amides is 1. The van der Waals surface area contributed by atoms with Crippen LogP contribution in [0.15, 0.2) is 72.8 Å². The largest absolute Gasteiger partial charge is 0.497 e. The summed E-state index contributed by atoms with van der Waals surface area (Å²) in [5.41, 5.74) is 7.27. The highest BCUT2D eigenvalue weighted by Crippen LogP contribution is 2.45. The second-order valence-electron chi connectivity index (χ2n) is 9.39. The van der Waals surface area contributed by atoms with Gasteiger partial charge in [0.1, 0.15) is 12.4 Å². The number of carbonyl (C=O) groups excluding carboxylic acids is 1.